The maximum atomic E-state index is 13.4. The average molecular weight is 257 g/mol. The summed E-state index contributed by atoms with van der Waals surface area (Å²) in [5.41, 5.74) is 0.763. The number of alkyl halides is 1. The molecule has 0 radical (unpaired) electrons. The lowest BCUT2D eigenvalue weighted by atomic mass is 10.0. The highest BCUT2D eigenvalue weighted by Gasteiger charge is 2.08. The van der Waals surface area contributed by atoms with E-state index in [2.05, 4.69) is 15.9 Å². The van der Waals surface area contributed by atoms with Crippen molar-refractivity contribution in [3.05, 3.63) is 47.5 Å². The van der Waals surface area contributed by atoms with Crippen LogP contribution in [0.3, 0.4) is 0 Å². The molecule has 0 aliphatic heterocycles. The van der Waals surface area contributed by atoms with Gasteiger partial charge in [0.05, 0.1) is 0 Å². The second-order valence-electron chi connectivity index (χ2n) is 3.00. The number of fused-ring (bicyclic) bond motifs is 1. The molecule has 0 saturated heterocycles. The Hall–Kier alpha value is -0.960. The minimum atomic E-state index is -0.385. The third-order valence-electron chi connectivity index (χ3n) is 2.17. The Morgan fingerprint density at radius 1 is 1.00 bits per heavy atom. The zero-order chi connectivity index (χ0) is 10.1. The number of hydrogen-bond donors (Lipinski definition) is 0. The van der Waals surface area contributed by atoms with E-state index < -0.39 is 0 Å². The van der Waals surface area contributed by atoms with Gasteiger partial charge in [0, 0.05) is 16.1 Å². The highest BCUT2D eigenvalue weighted by molar-refractivity contribution is 9.08. The van der Waals surface area contributed by atoms with Crippen LogP contribution in [-0.4, -0.2) is 0 Å². The molecule has 0 nitrogen and oxygen atoms in total. The molecule has 0 N–H and O–H groups in total. The Kier molecular flexibility index (Phi) is 2.50. The first-order valence-corrected chi connectivity index (χ1v) is 5.27. The summed E-state index contributed by atoms with van der Waals surface area (Å²) in [6.07, 6.45) is 0. The van der Waals surface area contributed by atoms with E-state index in [1.165, 1.54) is 0 Å². The molecule has 0 aliphatic carbocycles. The predicted octanol–water partition coefficient (Wildman–Crippen LogP) is 4.01. The van der Waals surface area contributed by atoms with E-state index >= 15 is 0 Å². The van der Waals surface area contributed by atoms with Crippen LogP contribution >= 0.6 is 15.9 Å². The van der Waals surface area contributed by atoms with Crippen molar-refractivity contribution >= 4 is 26.7 Å². The van der Waals surface area contributed by atoms with Crippen LogP contribution in [0.2, 0.25) is 0 Å². The molecule has 0 saturated carbocycles. The molecule has 0 unspecified atom stereocenters. The summed E-state index contributed by atoms with van der Waals surface area (Å²) in [7, 11) is 0. The van der Waals surface area contributed by atoms with Crippen LogP contribution in [-0.2, 0) is 5.33 Å². The molecule has 3 heteroatoms. The van der Waals surface area contributed by atoms with E-state index in [1.54, 1.807) is 18.2 Å². The molecule has 0 bridgehead atoms. The van der Waals surface area contributed by atoms with Crippen molar-refractivity contribution in [1.29, 1.82) is 0 Å². The van der Waals surface area contributed by atoms with Crippen molar-refractivity contribution in [3.63, 3.8) is 0 Å². The zero-order valence-electron chi connectivity index (χ0n) is 7.23. The Labute approximate surface area is 88.7 Å². The first kappa shape index (κ1) is 9.59. The van der Waals surface area contributed by atoms with Gasteiger partial charge < -0.3 is 0 Å². The van der Waals surface area contributed by atoms with Crippen molar-refractivity contribution in [2.75, 3.05) is 0 Å². The Balaban J connectivity index is 2.92. The maximum absolute atomic E-state index is 13.4. The van der Waals surface area contributed by atoms with Crippen LogP contribution in [0.15, 0.2) is 30.3 Å². The number of halogens is 3. The van der Waals surface area contributed by atoms with Gasteiger partial charge in [-0.15, -0.1) is 0 Å². The van der Waals surface area contributed by atoms with Gasteiger partial charge in [-0.3, -0.25) is 0 Å². The molecule has 2 aromatic carbocycles. The van der Waals surface area contributed by atoms with Gasteiger partial charge in [-0.1, -0.05) is 34.1 Å². The molecule has 14 heavy (non-hydrogen) atoms. The fraction of sp³-hybridized carbons (Fsp3) is 0.0909. The third-order valence-corrected chi connectivity index (χ3v) is 2.77. The quantitative estimate of drug-likeness (QED) is 0.677. The molecule has 0 heterocycles. The summed E-state index contributed by atoms with van der Waals surface area (Å²) in [5, 5.41) is 1.22. The molecule has 0 fully saturated rings. The lowest BCUT2D eigenvalue weighted by Crippen LogP contribution is -1.89. The fourth-order valence-corrected chi connectivity index (χ4v) is 1.98. The summed E-state index contributed by atoms with van der Waals surface area (Å²) in [6, 6.07) is 7.39. The van der Waals surface area contributed by atoms with Crippen LogP contribution in [0.25, 0.3) is 10.8 Å². The van der Waals surface area contributed by atoms with Crippen molar-refractivity contribution < 1.29 is 8.78 Å². The van der Waals surface area contributed by atoms with E-state index in [9.17, 15) is 8.78 Å². The van der Waals surface area contributed by atoms with Crippen molar-refractivity contribution in [2.24, 2.45) is 0 Å². The summed E-state index contributed by atoms with van der Waals surface area (Å²) < 4.78 is 26.7. The van der Waals surface area contributed by atoms with Gasteiger partial charge >= 0.3 is 0 Å². The number of rotatable bonds is 1. The van der Waals surface area contributed by atoms with E-state index in [4.69, 9.17) is 0 Å². The summed E-state index contributed by atoms with van der Waals surface area (Å²) in [4.78, 5) is 0. The molecule has 2 aromatic rings. The lowest BCUT2D eigenvalue weighted by Gasteiger charge is -2.05. The molecule has 0 spiro atoms. The normalized spacial score (nSPS) is 10.8. The van der Waals surface area contributed by atoms with Gasteiger partial charge in [-0.2, -0.15) is 0 Å². The van der Waals surface area contributed by atoms with Crippen LogP contribution in [0.1, 0.15) is 5.56 Å². The minimum absolute atomic E-state index is 0.335. The first-order valence-electron chi connectivity index (χ1n) is 4.15. The summed E-state index contributed by atoms with van der Waals surface area (Å²) in [5.74, 6) is -0.763. The highest BCUT2D eigenvalue weighted by atomic mass is 79.9. The highest BCUT2D eigenvalue weighted by Crippen LogP contribution is 2.25. The van der Waals surface area contributed by atoms with Crippen molar-refractivity contribution in [1.82, 2.24) is 0 Å². The number of hydrogen-bond acceptors (Lipinski definition) is 0. The molecular weight excluding hydrogens is 250 g/mol. The molecule has 2 rings (SSSR count). The standard InChI is InChI=1S/C11H7BrF2/c12-6-7-2-1-3-8-9(13)4-5-10(14)11(7)8/h1-5H,6H2. The fourth-order valence-electron chi connectivity index (χ4n) is 1.51. The zero-order valence-corrected chi connectivity index (χ0v) is 8.81. The van der Waals surface area contributed by atoms with Crippen LogP contribution in [0, 0.1) is 11.6 Å². The van der Waals surface area contributed by atoms with Crippen molar-refractivity contribution in [3.8, 4) is 0 Å². The largest absolute Gasteiger partial charge is 0.206 e. The van der Waals surface area contributed by atoms with E-state index in [0.29, 0.717) is 16.1 Å². The van der Waals surface area contributed by atoms with Gasteiger partial charge in [0.25, 0.3) is 0 Å². The van der Waals surface area contributed by atoms with Gasteiger partial charge in [-0.25, -0.2) is 8.78 Å². The summed E-state index contributed by atoms with van der Waals surface area (Å²) in [6.45, 7) is 0. The maximum Gasteiger partial charge on any atom is 0.131 e. The second kappa shape index (κ2) is 3.65. The van der Waals surface area contributed by atoms with Crippen molar-refractivity contribution in [2.45, 2.75) is 5.33 Å². The minimum Gasteiger partial charge on any atom is -0.206 e. The molecule has 72 valence electrons. The Morgan fingerprint density at radius 2 is 1.71 bits per heavy atom. The van der Waals surface area contributed by atoms with Crippen LogP contribution < -0.4 is 0 Å². The third kappa shape index (κ3) is 1.42. The smallest absolute Gasteiger partial charge is 0.131 e. The Morgan fingerprint density at radius 3 is 2.43 bits per heavy atom. The van der Waals surface area contributed by atoms with Crippen LogP contribution in [0.5, 0.6) is 0 Å². The van der Waals surface area contributed by atoms with Gasteiger partial charge in [0.15, 0.2) is 0 Å². The summed E-state index contributed by atoms with van der Waals surface area (Å²) >= 11 is 3.25. The predicted molar refractivity (Wildman–Crippen MR) is 56.5 cm³/mol. The number of benzene rings is 2. The second-order valence-corrected chi connectivity index (χ2v) is 3.56. The van der Waals surface area contributed by atoms with Gasteiger partial charge in [0.2, 0.25) is 0 Å². The molecule has 0 aliphatic rings. The Bertz CT molecular complexity index is 480. The van der Waals surface area contributed by atoms with Gasteiger partial charge in [0.1, 0.15) is 11.6 Å². The van der Waals surface area contributed by atoms with E-state index in [0.717, 1.165) is 17.7 Å². The first-order chi connectivity index (χ1) is 6.74. The van der Waals surface area contributed by atoms with E-state index in [1.807, 2.05) is 0 Å². The average Bonchev–Trinajstić information content (AvgIpc) is 2.23. The topological polar surface area (TPSA) is 0 Å². The molecule has 0 aromatic heterocycles. The monoisotopic (exact) mass is 256 g/mol. The van der Waals surface area contributed by atoms with E-state index in [-0.39, 0.29) is 11.6 Å². The van der Waals surface area contributed by atoms with Gasteiger partial charge in [-0.05, 0) is 17.7 Å². The van der Waals surface area contributed by atoms with Crippen LogP contribution in [0.4, 0.5) is 8.78 Å². The molecule has 0 atom stereocenters. The SMILES string of the molecule is Fc1ccc(F)c2c(CBr)cccc12. The lowest BCUT2D eigenvalue weighted by molar-refractivity contribution is 0.617. The molecule has 0 amide bonds. The molecular formula is C11H7BrF2.